The van der Waals surface area contributed by atoms with E-state index >= 15 is 0 Å². The van der Waals surface area contributed by atoms with Crippen LogP contribution in [0.5, 0.6) is 0 Å². The molecule has 4 nitrogen and oxygen atoms in total. The Kier molecular flexibility index (Phi) is 2.05. The first-order valence-electron chi connectivity index (χ1n) is 3.24. The Morgan fingerprint density at radius 2 is 2.18 bits per heavy atom. The molecule has 0 amide bonds. The normalized spacial score (nSPS) is 24.6. The van der Waals surface area contributed by atoms with Gasteiger partial charge in [-0.2, -0.15) is 0 Å². The van der Waals surface area contributed by atoms with Crippen LogP contribution >= 0.6 is 0 Å². The van der Waals surface area contributed by atoms with Crippen molar-refractivity contribution in [3.05, 3.63) is 11.6 Å². The molecule has 0 aromatic rings. The highest BCUT2D eigenvalue weighted by Gasteiger charge is 2.21. The van der Waals surface area contributed by atoms with E-state index in [4.69, 9.17) is 10.2 Å². The van der Waals surface area contributed by atoms with Gasteiger partial charge in [0.2, 0.25) is 0 Å². The van der Waals surface area contributed by atoms with Crippen LogP contribution in [-0.2, 0) is 9.59 Å². The molecule has 0 unspecified atom stereocenters. The van der Waals surface area contributed by atoms with Crippen molar-refractivity contribution >= 4 is 11.8 Å². The molecule has 0 saturated heterocycles. The summed E-state index contributed by atoms with van der Waals surface area (Å²) in [5.74, 6) is -1.45. The highest BCUT2D eigenvalue weighted by atomic mass is 16.4. The van der Waals surface area contributed by atoms with Crippen molar-refractivity contribution in [1.82, 2.24) is 0 Å². The van der Waals surface area contributed by atoms with Crippen LogP contribution in [0.3, 0.4) is 0 Å². The average molecular weight is 156 g/mol. The predicted octanol–water partition coefficient (Wildman–Crippen LogP) is -0.279. The molecule has 1 atom stereocenters. The lowest BCUT2D eigenvalue weighted by Gasteiger charge is -2.13. The summed E-state index contributed by atoms with van der Waals surface area (Å²) in [5.41, 5.74) is -0.00579. The first-order valence-corrected chi connectivity index (χ1v) is 3.24. The lowest BCUT2D eigenvalue weighted by molar-refractivity contribution is -0.134. The van der Waals surface area contributed by atoms with Gasteiger partial charge in [-0.1, -0.05) is 0 Å². The zero-order valence-corrected chi connectivity index (χ0v) is 5.78. The smallest absolute Gasteiger partial charge is 0.331 e. The van der Waals surface area contributed by atoms with Gasteiger partial charge in [0.1, 0.15) is 0 Å². The van der Waals surface area contributed by atoms with Gasteiger partial charge in [0, 0.05) is 18.4 Å². The Hall–Kier alpha value is -1.16. The molecule has 0 aliphatic heterocycles. The number of hydrogen-bond acceptors (Lipinski definition) is 3. The Morgan fingerprint density at radius 1 is 1.55 bits per heavy atom. The van der Waals surface area contributed by atoms with Crippen LogP contribution in [-0.4, -0.2) is 28.1 Å². The van der Waals surface area contributed by atoms with Crippen LogP contribution < -0.4 is 0 Å². The molecule has 0 radical (unpaired) electrons. The van der Waals surface area contributed by atoms with Gasteiger partial charge in [-0.05, 0) is 6.08 Å². The molecular formula is C7H8O4. The fourth-order valence-corrected chi connectivity index (χ4v) is 1.02. The number of aliphatic carboxylic acids is 1. The zero-order chi connectivity index (χ0) is 8.43. The molecule has 0 fully saturated rings. The van der Waals surface area contributed by atoms with E-state index in [1.165, 1.54) is 0 Å². The van der Waals surface area contributed by atoms with Crippen LogP contribution in [0.15, 0.2) is 11.6 Å². The number of carboxylic acids is 1. The van der Waals surface area contributed by atoms with E-state index in [1.807, 2.05) is 0 Å². The predicted molar refractivity (Wildman–Crippen MR) is 36.0 cm³/mol. The second-order valence-corrected chi connectivity index (χ2v) is 2.50. The first kappa shape index (κ1) is 7.94. The van der Waals surface area contributed by atoms with Crippen molar-refractivity contribution in [2.45, 2.75) is 18.9 Å². The fourth-order valence-electron chi connectivity index (χ4n) is 1.02. The summed E-state index contributed by atoms with van der Waals surface area (Å²) in [7, 11) is 0. The molecule has 1 aliphatic rings. The second kappa shape index (κ2) is 2.84. The molecule has 0 aromatic heterocycles. The molecular weight excluding hydrogens is 148 g/mol. The maximum atomic E-state index is 10.7. The van der Waals surface area contributed by atoms with Crippen molar-refractivity contribution in [2.24, 2.45) is 0 Å². The van der Waals surface area contributed by atoms with Crippen molar-refractivity contribution in [1.29, 1.82) is 0 Å². The van der Waals surface area contributed by atoms with E-state index in [0.29, 0.717) is 0 Å². The van der Waals surface area contributed by atoms with Gasteiger partial charge in [-0.15, -0.1) is 0 Å². The van der Waals surface area contributed by atoms with Gasteiger partial charge in [0.25, 0.3) is 0 Å². The van der Waals surface area contributed by atoms with Crippen molar-refractivity contribution in [3.8, 4) is 0 Å². The number of aliphatic hydroxyl groups is 1. The van der Waals surface area contributed by atoms with E-state index in [9.17, 15) is 9.59 Å². The molecule has 1 rings (SSSR count). The van der Waals surface area contributed by atoms with E-state index in [2.05, 4.69) is 0 Å². The molecule has 4 heteroatoms. The summed E-state index contributed by atoms with van der Waals surface area (Å²) >= 11 is 0. The lowest BCUT2D eigenvalue weighted by atomic mass is 9.96. The number of ketones is 1. The van der Waals surface area contributed by atoms with Crippen molar-refractivity contribution < 1.29 is 19.8 Å². The van der Waals surface area contributed by atoms with E-state index in [-0.39, 0.29) is 24.2 Å². The number of carboxylic acid groups (broad SMARTS) is 1. The molecule has 0 bridgehead atoms. The lowest BCUT2D eigenvalue weighted by Crippen LogP contribution is -2.21. The van der Waals surface area contributed by atoms with Gasteiger partial charge in [-0.25, -0.2) is 4.79 Å². The Bertz CT molecular complexity index is 229. The van der Waals surface area contributed by atoms with Crippen LogP contribution in [0.25, 0.3) is 0 Å². The van der Waals surface area contributed by atoms with Crippen LogP contribution in [0.2, 0.25) is 0 Å². The van der Waals surface area contributed by atoms with Gasteiger partial charge in [-0.3, -0.25) is 4.79 Å². The highest BCUT2D eigenvalue weighted by molar-refractivity contribution is 6.00. The molecule has 0 saturated carbocycles. The van der Waals surface area contributed by atoms with Crippen LogP contribution in [0.1, 0.15) is 12.8 Å². The van der Waals surface area contributed by atoms with Crippen LogP contribution in [0.4, 0.5) is 0 Å². The number of hydrogen-bond donors (Lipinski definition) is 2. The molecule has 0 aromatic carbocycles. The third-order valence-electron chi connectivity index (χ3n) is 1.50. The topological polar surface area (TPSA) is 74.6 Å². The summed E-state index contributed by atoms with van der Waals surface area (Å²) in [6, 6.07) is 0. The Balaban J connectivity index is 2.80. The molecule has 11 heavy (non-hydrogen) atoms. The van der Waals surface area contributed by atoms with Gasteiger partial charge in [0.15, 0.2) is 5.78 Å². The molecule has 60 valence electrons. The van der Waals surface area contributed by atoms with E-state index < -0.39 is 12.1 Å². The summed E-state index contributed by atoms with van der Waals surface area (Å²) in [6.45, 7) is 0. The summed E-state index contributed by atoms with van der Waals surface area (Å²) in [6.07, 6.45) is 0.367. The standard InChI is InChI=1S/C7H8O4/c8-5-1-4(7(10)11)2-6(9)3-5/h1,6,9H,2-3H2,(H,10,11)/t6-/m1/s1. The minimum absolute atomic E-state index is 0.00579. The molecule has 2 N–H and O–H groups in total. The van der Waals surface area contributed by atoms with Crippen molar-refractivity contribution in [2.75, 3.05) is 0 Å². The minimum atomic E-state index is -1.13. The monoisotopic (exact) mass is 156 g/mol. The Labute approximate surface area is 63.1 Å². The SMILES string of the molecule is O=C1C=C(C(=O)O)C[C@@H](O)C1. The number of carbonyl (C=O) groups is 2. The quantitative estimate of drug-likeness (QED) is 0.547. The first-order chi connectivity index (χ1) is 5.09. The number of aliphatic hydroxyl groups excluding tert-OH is 1. The number of carbonyl (C=O) groups excluding carboxylic acids is 1. The number of rotatable bonds is 1. The summed E-state index contributed by atoms with van der Waals surface area (Å²) in [5, 5.41) is 17.4. The second-order valence-electron chi connectivity index (χ2n) is 2.50. The third-order valence-corrected chi connectivity index (χ3v) is 1.50. The van der Waals surface area contributed by atoms with E-state index in [0.717, 1.165) is 6.08 Å². The van der Waals surface area contributed by atoms with E-state index in [1.54, 1.807) is 0 Å². The third kappa shape index (κ3) is 1.88. The zero-order valence-electron chi connectivity index (χ0n) is 5.78. The average Bonchev–Trinajstić information content (AvgIpc) is 1.85. The molecule has 1 aliphatic carbocycles. The summed E-state index contributed by atoms with van der Waals surface area (Å²) < 4.78 is 0. The largest absolute Gasteiger partial charge is 0.478 e. The maximum absolute atomic E-state index is 10.7. The van der Waals surface area contributed by atoms with Crippen LogP contribution in [0, 0.1) is 0 Å². The molecule has 0 heterocycles. The minimum Gasteiger partial charge on any atom is -0.478 e. The number of allylic oxidation sites excluding steroid dienone is 1. The van der Waals surface area contributed by atoms with Gasteiger partial charge < -0.3 is 10.2 Å². The van der Waals surface area contributed by atoms with Gasteiger partial charge in [0.05, 0.1) is 6.10 Å². The summed E-state index contributed by atoms with van der Waals surface area (Å²) in [4.78, 5) is 21.0. The Morgan fingerprint density at radius 3 is 2.64 bits per heavy atom. The molecule has 0 spiro atoms. The highest BCUT2D eigenvalue weighted by Crippen LogP contribution is 2.15. The van der Waals surface area contributed by atoms with Gasteiger partial charge >= 0.3 is 5.97 Å². The van der Waals surface area contributed by atoms with Crippen molar-refractivity contribution in [3.63, 3.8) is 0 Å². The maximum Gasteiger partial charge on any atom is 0.331 e. The fraction of sp³-hybridized carbons (Fsp3) is 0.429.